The maximum Gasteiger partial charge on any atom is 0.420 e. The van der Waals surface area contributed by atoms with Gasteiger partial charge in [0.2, 0.25) is 34.8 Å². The van der Waals surface area contributed by atoms with Gasteiger partial charge in [-0.2, -0.15) is 43.9 Å². The average Bonchev–Trinajstić information content (AvgIpc) is 3.42. The van der Waals surface area contributed by atoms with Gasteiger partial charge in [0.1, 0.15) is 17.1 Å². The Labute approximate surface area is 269 Å². The predicted octanol–water partition coefficient (Wildman–Crippen LogP) is 6.93. The van der Waals surface area contributed by atoms with Crippen LogP contribution in [-0.2, 0) is 19.4 Å². The van der Waals surface area contributed by atoms with Crippen molar-refractivity contribution in [3.8, 4) is 28.7 Å². The molecule has 258 valence electrons. The lowest BCUT2D eigenvalue weighted by Gasteiger charge is -2.18. The Balaban J connectivity index is 1.45. The number of hydrogen-bond donors (Lipinski definition) is 0. The van der Waals surface area contributed by atoms with Gasteiger partial charge in [0.25, 0.3) is 22.2 Å². The molecule has 8 nitrogen and oxygen atoms in total. The first-order valence-electron chi connectivity index (χ1n) is 13.7. The van der Waals surface area contributed by atoms with Gasteiger partial charge < -0.3 is 9.47 Å². The summed E-state index contributed by atoms with van der Waals surface area (Å²) in [6, 6.07) is 5.19. The van der Waals surface area contributed by atoms with Crippen LogP contribution in [0.15, 0.2) is 67.7 Å². The minimum absolute atomic E-state index is 0.0329. The van der Waals surface area contributed by atoms with Gasteiger partial charge in [-0.15, -0.1) is 0 Å². The summed E-state index contributed by atoms with van der Waals surface area (Å²) in [6.07, 6.45) is -10.6. The molecule has 0 aliphatic carbocycles. The fourth-order valence-corrected chi connectivity index (χ4v) is 5.24. The van der Waals surface area contributed by atoms with E-state index in [9.17, 15) is 54.3 Å². The monoisotopic (exact) mass is 712 g/mol. The van der Waals surface area contributed by atoms with Gasteiger partial charge in [-0.05, 0) is 49.4 Å². The summed E-state index contributed by atoms with van der Waals surface area (Å²) >= 11 is 0. The number of hydrogen-bond acceptors (Lipinski definition) is 6. The zero-order valence-corrected chi connectivity index (χ0v) is 24.7. The van der Waals surface area contributed by atoms with Gasteiger partial charge >= 0.3 is 12.4 Å². The third-order valence-corrected chi connectivity index (χ3v) is 7.67. The molecule has 6 aromatic rings. The SMILES string of the molecule is Cc1ccc(Oc2c(F)c(F)c(Oc3ccc(-n4c(=O)c5cc6c(=O)n(C)c(=O)c6cc5c4=O)cc3C(F)(F)F)c(F)c2F)c(C(F)(F)F)c1. The lowest BCUT2D eigenvalue weighted by Crippen LogP contribution is -2.24. The van der Waals surface area contributed by atoms with E-state index in [1.54, 1.807) is 0 Å². The summed E-state index contributed by atoms with van der Waals surface area (Å²) in [5, 5.41) is -1.33. The van der Waals surface area contributed by atoms with Crippen molar-refractivity contribution in [1.29, 1.82) is 0 Å². The first-order chi connectivity index (χ1) is 23.2. The average molecular weight is 712 g/mol. The van der Waals surface area contributed by atoms with Gasteiger partial charge in [0.05, 0.1) is 32.8 Å². The van der Waals surface area contributed by atoms with Crippen molar-refractivity contribution in [3.05, 3.63) is 130 Å². The first-order valence-corrected chi connectivity index (χ1v) is 13.7. The van der Waals surface area contributed by atoms with Crippen molar-refractivity contribution in [2.45, 2.75) is 19.3 Å². The van der Waals surface area contributed by atoms with Crippen LogP contribution in [0.3, 0.4) is 0 Å². The van der Waals surface area contributed by atoms with Gasteiger partial charge in [-0.1, -0.05) is 11.6 Å². The van der Waals surface area contributed by atoms with E-state index in [1.807, 2.05) is 0 Å². The van der Waals surface area contributed by atoms with E-state index in [2.05, 4.69) is 9.47 Å². The Morgan fingerprint density at radius 2 is 0.920 bits per heavy atom. The van der Waals surface area contributed by atoms with Crippen LogP contribution >= 0.6 is 0 Å². The molecule has 0 amide bonds. The second-order valence-electron chi connectivity index (χ2n) is 10.9. The molecule has 0 atom stereocenters. The molecular formula is C32H14F10N2O6. The van der Waals surface area contributed by atoms with E-state index in [1.165, 1.54) is 6.92 Å². The zero-order valence-electron chi connectivity index (χ0n) is 24.7. The molecule has 0 unspecified atom stereocenters. The number of rotatable bonds is 5. The summed E-state index contributed by atoms with van der Waals surface area (Å²) in [5.41, 5.74) is -8.23. The van der Waals surface area contributed by atoms with Gasteiger partial charge in [0, 0.05) is 7.05 Å². The van der Waals surface area contributed by atoms with Crippen LogP contribution in [-0.4, -0.2) is 9.13 Å². The van der Waals surface area contributed by atoms with E-state index in [-0.39, 0.29) is 27.0 Å². The summed E-state index contributed by atoms with van der Waals surface area (Å²) in [5.74, 6) is -16.7. The molecule has 0 aliphatic heterocycles. The van der Waals surface area contributed by atoms with Gasteiger partial charge in [0.15, 0.2) is 0 Å². The van der Waals surface area contributed by atoms with Crippen molar-refractivity contribution < 1.29 is 53.4 Å². The normalized spacial score (nSPS) is 12.3. The van der Waals surface area contributed by atoms with Crippen molar-refractivity contribution in [3.63, 3.8) is 0 Å². The first kappa shape index (κ1) is 33.9. The molecule has 0 spiro atoms. The molecule has 50 heavy (non-hydrogen) atoms. The molecule has 2 heterocycles. The van der Waals surface area contributed by atoms with Crippen LogP contribution in [0, 0.1) is 30.2 Å². The molecule has 6 rings (SSSR count). The van der Waals surface area contributed by atoms with Crippen LogP contribution in [0.4, 0.5) is 43.9 Å². The van der Waals surface area contributed by atoms with Crippen molar-refractivity contribution in [2.75, 3.05) is 0 Å². The van der Waals surface area contributed by atoms with E-state index >= 15 is 8.78 Å². The van der Waals surface area contributed by atoms with E-state index in [0.717, 1.165) is 29.8 Å². The quantitative estimate of drug-likeness (QED) is 0.142. The molecule has 4 aromatic carbocycles. The minimum Gasteiger partial charge on any atom is -0.450 e. The highest BCUT2D eigenvalue weighted by Gasteiger charge is 2.39. The molecule has 0 N–H and O–H groups in total. The number of aromatic nitrogens is 2. The summed E-state index contributed by atoms with van der Waals surface area (Å²) in [7, 11) is 1.15. The number of alkyl halides is 6. The summed E-state index contributed by atoms with van der Waals surface area (Å²) in [6.45, 7) is 1.24. The number of ether oxygens (including phenoxy) is 2. The summed E-state index contributed by atoms with van der Waals surface area (Å²) < 4.78 is 153. The number of fused-ring (bicyclic) bond motifs is 2. The molecular weight excluding hydrogens is 698 g/mol. The Morgan fingerprint density at radius 1 is 0.540 bits per heavy atom. The van der Waals surface area contributed by atoms with E-state index in [0.29, 0.717) is 24.3 Å². The van der Waals surface area contributed by atoms with E-state index in [4.69, 9.17) is 0 Å². The standard InChI is InChI=1S/C32H14F10N2O6/c1-11-3-5-19(17(7-11)31(37,38)39)49-25-21(33)23(35)26(24(36)22(25)34)50-20-6-4-12(8-18(20)32(40,41)42)44-29(47)15-9-13-14(10-16(15)30(44)48)28(46)43(2)27(13)45/h3-10H,1-2H3. The summed E-state index contributed by atoms with van der Waals surface area (Å²) in [4.78, 5) is 51.0. The van der Waals surface area contributed by atoms with Crippen LogP contribution in [0.2, 0.25) is 0 Å². The largest absolute Gasteiger partial charge is 0.450 e. The molecule has 0 fully saturated rings. The third-order valence-electron chi connectivity index (χ3n) is 7.67. The maximum absolute atomic E-state index is 15.0. The Hall–Kier alpha value is -5.94. The minimum atomic E-state index is -5.47. The maximum atomic E-state index is 15.0. The van der Waals surface area contributed by atoms with Crippen molar-refractivity contribution in [2.24, 2.45) is 7.05 Å². The number of aryl methyl sites for hydroxylation is 1. The second kappa shape index (κ2) is 11.3. The molecule has 0 aliphatic rings. The van der Waals surface area contributed by atoms with Crippen LogP contribution in [0.1, 0.15) is 16.7 Å². The number of benzene rings is 4. The van der Waals surface area contributed by atoms with Crippen LogP contribution < -0.4 is 31.7 Å². The third kappa shape index (κ3) is 5.26. The van der Waals surface area contributed by atoms with Crippen LogP contribution in [0.5, 0.6) is 23.0 Å². The second-order valence-corrected chi connectivity index (χ2v) is 10.9. The Bertz CT molecular complexity index is 2520. The Kier molecular flexibility index (Phi) is 7.68. The van der Waals surface area contributed by atoms with E-state index < -0.39 is 108 Å². The smallest absolute Gasteiger partial charge is 0.420 e. The molecule has 2 aromatic heterocycles. The van der Waals surface area contributed by atoms with Crippen LogP contribution in [0.25, 0.3) is 27.2 Å². The molecule has 0 bridgehead atoms. The highest BCUT2D eigenvalue weighted by atomic mass is 19.4. The lowest BCUT2D eigenvalue weighted by atomic mass is 10.1. The highest BCUT2D eigenvalue weighted by molar-refractivity contribution is 5.98. The molecule has 18 heteroatoms. The topological polar surface area (TPSA) is 96.6 Å². The highest BCUT2D eigenvalue weighted by Crippen LogP contribution is 2.45. The Morgan fingerprint density at radius 3 is 1.34 bits per heavy atom. The lowest BCUT2D eigenvalue weighted by molar-refractivity contribution is -0.139. The van der Waals surface area contributed by atoms with Crippen molar-refractivity contribution in [1.82, 2.24) is 9.13 Å². The fourth-order valence-electron chi connectivity index (χ4n) is 5.24. The predicted molar refractivity (Wildman–Crippen MR) is 155 cm³/mol. The number of nitrogens with zero attached hydrogens (tertiary/aromatic N) is 2. The van der Waals surface area contributed by atoms with Gasteiger partial charge in [-0.3, -0.25) is 23.7 Å². The molecule has 0 saturated heterocycles. The fraction of sp³-hybridized carbons (Fsp3) is 0.125. The number of halogens is 10. The zero-order chi connectivity index (χ0) is 36.8. The van der Waals surface area contributed by atoms with Gasteiger partial charge in [-0.25, -0.2) is 4.57 Å². The molecule has 0 saturated carbocycles. The van der Waals surface area contributed by atoms with Crippen molar-refractivity contribution >= 4 is 21.5 Å². The molecule has 0 radical (unpaired) electrons.